The predicted octanol–water partition coefficient (Wildman–Crippen LogP) is 5.06. The van der Waals surface area contributed by atoms with Crippen molar-refractivity contribution in [3.63, 3.8) is 0 Å². The zero-order valence-corrected chi connectivity index (χ0v) is 13.6. The van der Waals surface area contributed by atoms with E-state index >= 15 is 0 Å². The zero-order valence-electron chi connectivity index (χ0n) is 13.6. The lowest BCUT2D eigenvalue weighted by atomic mass is 9.93. The van der Waals surface area contributed by atoms with E-state index in [9.17, 15) is 19.8 Å². The summed E-state index contributed by atoms with van der Waals surface area (Å²) in [4.78, 5) is 22.9. The number of benzene rings is 4. The fourth-order valence-electron chi connectivity index (χ4n) is 3.31. The van der Waals surface area contributed by atoms with Gasteiger partial charge in [-0.1, -0.05) is 48.5 Å². The van der Waals surface area contributed by atoms with E-state index in [0.717, 1.165) is 27.3 Å². The van der Waals surface area contributed by atoms with E-state index in [4.69, 9.17) is 0 Å². The number of rotatable bonds is 3. The van der Waals surface area contributed by atoms with E-state index in [1.807, 2.05) is 42.5 Å². The predicted molar refractivity (Wildman–Crippen MR) is 101 cm³/mol. The number of fused-ring (bicyclic) bond motifs is 2. The molecule has 0 bridgehead atoms. The molecule has 4 nitrogen and oxygen atoms in total. The van der Waals surface area contributed by atoms with Crippen LogP contribution in [-0.4, -0.2) is 22.2 Å². The summed E-state index contributed by atoms with van der Waals surface area (Å²) >= 11 is 0. The Labute approximate surface area is 148 Å². The first-order valence-corrected chi connectivity index (χ1v) is 8.07. The van der Waals surface area contributed by atoms with Crippen LogP contribution in [0, 0.1) is 0 Å². The minimum absolute atomic E-state index is 0.221. The molecule has 0 radical (unpaired) electrons. The molecule has 26 heavy (non-hydrogen) atoms. The van der Waals surface area contributed by atoms with Crippen LogP contribution in [0.25, 0.3) is 32.7 Å². The Morgan fingerprint density at radius 3 is 2.12 bits per heavy atom. The summed E-state index contributed by atoms with van der Waals surface area (Å²) in [7, 11) is 0. The molecule has 0 atom stereocenters. The summed E-state index contributed by atoms with van der Waals surface area (Å²) in [5.41, 5.74) is 2.12. The Kier molecular flexibility index (Phi) is 3.66. The van der Waals surface area contributed by atoms with E-state index in [1.54, 1.807) is 30.3 Å². The molecule has 0 spiro atoms. The molecule has 0 aliphatic heterocycles. The minimum Gasteiger partial charge on any atom is -0.478 e. The first kappa shape index (κ1) is 15.8. The van der Waals surface area contributed by atoms with Gasteiger partial charge in [0, 0.05) is 5.39 Å². The molecule has 4 rings (SSSR count). The lowest BCUT2D eigenvalue weighted by Crippen LogP contribution is -1.98. The first-order valence-electron chi connectivity index (χ1n) is 8.07. The van der Waals surface area contributed by atoms with E-state index in [2.05, 4.69) is 0 Å². The van der Waals surface area contributed by atoms with Gasteiger partial charge in [-0.05, 0) is 51.6 Å². The molecule has 0 heterocycles. The van der Waals surface area contributed by atoms with E-state index < -0.39 is 11.9 Å². The van der Waals surface area contributed by atoms with E-state index in [-0.39, 0.29) is 11.1 Å². The molecular weight excluding hydrogens is 328 g/mol. The Morgan fingerprint density at radius 1 is 0.654 bits per heavy atom. The number of carboxylic acids is 2. The third-order valence-corrected chi connectivity index (χ3v) is 4.53. The van der Waals surface area contributed by atoms with Gasteiger partial charge in [-0.2, -0.15) is 0 Å². The van der Waals surface area contributed by atoms with Gasteiger partial charge < -0.3 is 10.2 Å². The van der Waals surface area contributed by atoms with Crippen LogP contribution >= 0.6 is 0 Å². The standard InChI is InChI=1S/C22H14O4/c23-21(24)16-10-8-13-7-9-15(11-17(13)12-16)18-5-1-3-14-4-2-6-19(20(14)18)22(25)26/h1-12H,(H,23,24)(H,25,26). The van der Waals surface area contributed by atoms with Crippen LogP contribution in [0.1, 0.15) is 20.7 Å². The first-order chi connectivity index (χ1) is 12.5. The van der Waals surface area contributed by atoms with Crippen LogP contribution in [-0.2, 0) is 0 Å². The molecule has 0 amide bonds. The zero-order chi connectivity index (χ0) is 18.3. The maximum atomic E-state index is 11.7. The van der Waals surface area contributed by atoms with Crippen LogP contribution in [0.5, 0.6) is 0 Å². The van der Waals surface area contributed by atoms with Crippen molar-refractivity contribution >= 4 is 33.5 Å². The van der Waals surface area contributed by atoms with Crippen LogP contribution < -0.4 is 0 Å². The molecule has 4 aromatic rings. The molecule has 2 N–H and O–H groups in total. The highest BCUT2D eigenvalue weighted by atomic mass is 16.4. The van der Waals surface area contributed by atoms with E-state index in [1.165, 1.54) is 0 Å². The Hall–Kier alpha value is -3.66. The monoisotopic (exact) mass is 342 g/mol. The van der Waals surface area contributed by atoms with Gasteiger partial charge in [0.25, 0.3) is 0 Å². The molecule has 0 fully saturated rings. The summed E-state index contributed by atoms with van der Waals surface area (Å²) in [6.07, 6.45) is 0. The number of aromatic carboxylic acids is 2. The van der Waals surface area contributed by atoms with Crippen molar-refractivity contribution in [3.05, 3.63) is 83.9 Å². The van der Waals surface area contributed by atoms with Crippen molar-refractivity contribution in [2.24, 2.45) is 0 Å². The van der Waals surface area contributed by atoms with Crippen LogP contribution in [0.4, 0.5) is 0 Å². The number of carbonyl (C=O) groups is 2. The number of carboxylic acid groups (broad SMARTS) is 2. The third-order valence-electron chi connectivity index (χ3n) is 4.53. The summed E-state index contributed by atoms with van der Waals surface area (Å²) in [5, 5.41) is 22.0. The molecule has 126 valence electrons. The molecule has 4 heteroatoms. The van der Waals surface area contributed by atoms with Gasteiger partial charge in [0.15, 0.2) is 0 Å². The van der Waals surface area contributed by atoms with Crippen LogP contribution in [0.15, 0.2) is 72.8 Å². The highest BCUT2D eigenvalue weighted by molar-refractivity contribution is 6.10. The molecule has 4 aromatic carbocycles. The van der Waals surface area contributed by atoms with Crippen molar-refractivity contribution in [2.75, 3.05) is 0 Å². The quantitative estimate of drug-likeness (QED) is 0.546. The molecule has 0 saturated carbocycles. The van der Waals surface area contributed by atoms with Crippen molar-refractivity contribution in [2.45, 2.75) is 0 Å². The second kappa shape index (κ2) is 6.01. The summed E-state index contributed by atoms with van der Waals surface area (Å²) < 4.78 is 0. The fourth-order valence-corrected chi connectivity index (χ4v) is 3.31. The second-order valence-corrected chi connectivity index (χ2v) is 6.10. The summed E-state index contributed by atoms with van der Waals surface area (Å²) in [5.74, 6) is -1.95. The van der Waals surface area contributed by atoms with Gasteiger partial charge in [-0.3, -0.25) is 0 Å². The van der Waals surface area contributed by atoms with Crippen molar-refractivity contribution in [1.29, 1.82) is 0 Å². The largest absolute Gasteiger partial charge is 0.478 e. The Bertz CT molecular complexity index is 1190. The molecule has 0 unspecified atom stereocenters. The normalized spacial score (nSPS) is 10.9. The molecule has 0 aromatic heterocycles. The lowest BCUT2D eigenvalue weighted by molar-refractivity contribution is 0.0687. The molecular formula is C22H14O4. The number of hydrogen-bond donors (Lipinski definition) is 2. The lowest BCUT2D eigenvalue weighted by Gasteiger charge is -2.11. The van der Waals surface area contributed by atoms with Crippen molar-refractivity contribution in [3.8, 4) is 11.1 Å². The van der Waals surface area contributed by atoms with Gasteiger partial charge >= 0.3 is 11.9 Å². The fraction of sp³-hybridized carbons (Fsp3) is 0. The summed E-state index contributed by atoms with van der Waals surface area (Å²) in [6.45, 7) is 0. The summed E-state index contributed by atoms with van der Waals surface area (Å²) in [6, 6.07) is 21.6. The van der Waals surface area contributed by atoms with Gasteiger partial charge in [0.2, 0.25) is 0 Å². The molecule has 0 saturated heterocycles. The average Bonchev–Trinajstić information content (AvgIpc) is 2.66. The Balaban J connectivity index is 2.00. The topological polar surface area (TPSA) is 74.6 Å². The maximum absolute atomic E-state index is 11.7. The average molecular weight is 342 g/mol. The SMILES string of the molecule is O=C(O)c1ccc2ccc(-c3cccc4cccc(C(=O)O)c34)cc2c1. The third kappa shape index (κ3) is 2.58. The Morgan fingerprint density at radius 2 is 1.38 bits per heavy atom. The molecule has 0 aliphatic rings. The van der Waals surface area contributed by atoms with Gasteiger partial charge in [-0.25, -0.2) is 9.59 Å². The highest BCUT2D eigenvalue weighted by Crippen LogP contribution is 2.33. The smallest absolute Gasteiger partial charge is 0.336 e. The minimum atomic E-state index is -0.976. The van der Waals surface area contributed by atoms with Gasteiger partial charge in [0.1, 0.15) is 0 Å². The maximum Gasteiger partial charge on any atom is 0.336 e. The number of hydrogen-bond acceptors (Lipinski definition) is 2. The van der Waals surface area contributed by atoms with Gasteiger partial charge in [-0.15, -0.1) is 0 Å². The van der Waals surface area contributed by atoms with Crippen molar-refractivity contribution in [1.82, 2.24) is 0 Å². The molecule has 0 aliphatic carbocycles. The van der Waals surface area contributed by atoms with Crippen LogP contribution in [0.2, 0.25) is 0 Å². The second-order valence-electron chi connectivity index (χ2n) is 6.10. The van der Waals surface area contributed by atoms with Crippen LogP contribution in [0.3, 0.4) is 0 Å². The highest BCUT2D eigenvalue weighted by Gasteiger charge is 2.13. The van der Waals surface area contributed by atoms with E-state index in [0.29, 0.717) is 5.39 Å². The van der Waals surface area contributed by atoms with Gasteiger partial charge in [0.05, 0.1) is 11.1 Å². The van der Waals surface area contributed by atoms with Crippen molar-refractivity contribution < 1.29 is 19.8 Å².